The molecule has 1 saturated heterocycles. The molecular formula is C23H26F3N5. The van der Waals surface area contributed by atoms with Gasteiger partial charge in [-0.15, -0.1) is 0 Å². The van der Waals surface area contributed by atoms with Gasteiger partial charge in [0, 0.05) is 37.4 Å². The van der Waals surface area contributed by atoms with Crippen LogP contribution in [0.25, 0.3) is 0 Å². The number of guanidine groups is 1. The van der Waals surface area contributed by atoms with Gasteiger partial charge in [-0.2, -0.15) is 13.2 Å². The van der Waals surface area contributed by atoms with E-state index in [1.54, 1.807) is 13.1 Å². The lowest BCUT2D eigenvalue weighted by Crippen LogP contribution is -2.49. The normalized spacial score (nSPS) is 15.3. The SMILES string of the molecule is CN=C(NCC#Cc1cccc(C(F)(F)F)c1)NC1CCN(c2cccc(C)n2)CC1. The van der Waals surface area contributed by atoms with Gasteiger partial charge in [0.1, 0.15) is 5.82 Å². The molecule has 0 radical (unpaired) electrons. The lowest BCUT2D eigenvalue weighted by atomic mass is 10.1. The number of nitrogens with one attached hydrogen (secondary N) is 2. The Morgan fingerprint density at radius 3 is 2.61 bits per heavy atom. The van der Waals surface area contributed by atoms with Crippen molar-refractivity contribution < 1.29 is 13.2 Å². The molecule has 0 atom stereocenters. The number of aromatic nitrogens is 1. The van der Waals surface area contributed by atoms with Gasteiger partial charge in [-0.25, -0.2) is 4.98 Å². The largest absolute Gasteiger partial charge is 0.416 e. The van der Waals surface area contributed by atoms with E-state index in [2.05, 4.69) is 37.4 Å². The van der Waals surface area contributed by atoms with E-state index in [0.29, 0.717) is 11.5 Å². The van der Waals surface area contributed by atoms with Crippen molar-refractivity contribution in [3.63, 3.8) is 0 Å². The number of pyridine rings is 1. The molecule has 1 aromatic carbocycles. The van der Waals surface area contributed by atoms with Gasteiger partial charge in [-0.05, 0) is 50.1 Å². The first kappa shape index (κ1) is 22.5. The number of aliphatic imine (C=N–C) groups is 1. The number of rotatable bonds is 3. The molecule has 31 heavy (non-hydrogen) atoms. The number of benzene rings is 1. The first-order valence-corrected chi connectivity index (χ1v) is 10.2. The fourth-order valence-corrected chi connectivity index (χ4v) is 3.39. The standard InChI is InChI=1S/C23H26F3N5/c1-17-6-3-10-21(29-17)31-14-11-20(12-15-31)30-22(27-2)28-13-5-8-18-7-4-9-19(16-18)23(24,25)26/h3-4,6-7,9-10,16,20H,11-15H2,1-2H3,(H2,27,28,30). The Labute approximate surface area is 180 Å². The topological polar surface area (TPSA) is 52.6 Å². The Morgan fingerprint density at radius 1 is 1.19 bits per heavy atom. The van der Waals surface area contributed by atoms with E-state index in [9.17, 15) is 13.2 Å². The Bertz CT molecular complexity index is 967. The highest BCUT2D eigenvalue weighted by molar-refractivity contribution is 5.80. The summed E-state index contributed by atoms with van der Waals surface area (Å²) in [6.45, 7) is 4.08. The van der Waals surface area contributed by atoms with Gasteiger partial charge in [0.05, 0.1) is 12.1 Å². The first-order valence-electron chi connectivity index (χ1n) is 10.2. The summed E-state index contributed by atoms with van der Waals surface area (Å²) in [7, 11) is 1.68. The van der Waals surface area contributed by atoms with Crippen LogP contribution in [0, 0.1) is 18.8 Å². The van der Waals surface area contributed by atoms with Gasteiger partial charge in [-0.3, -0.25) is 4.99 Å². The monoisotopic (exact) mass is 429 g/mol. The van der Waals surface area contributed by atoms with Crippen molar-refractivity contribution in [2.24, 2.45) is 4.99 Å². The summed E-state index contributed by atoms with van der Waals surface area (Å²) in [6.07, 6.45) is -2.47. The van der Waals surface area contributed by atoms with Crippen LogP contribution in [0.5, 0.6) is 0 Å². The molecule has 1 aliphatic heterocycles. The Morgan fingerprint density at radius 2 is 1.94 bits per heavy atom. The molecule has 2 N–H and O–H groups in total. The van der Waals surface area contributed by atoms with Crippen LogP contribution in [0.1, 0.15) is 29.7 Å². The molecule has 8 heteroatoms. The Kier molecular flexibility index (Phi) is 7.40. The van der Waals surface area contributed by atoms with Crippen LogP contribution in [0.2, 0.25) is 0 Å². The molecule has 1 fully saturated rings. The Balaban J connectivity index is 1.46. The number of nitrogens with zero attached hydrogens (tertiary/aromatic N) is 3. The van der Waals surface area contributed by atoms with Crippen molar-refractivity contribution in [1.82, 2.24) is 15.6 Å². The second-order valence-corrected chi connectivity index (χ2v) is 7.35. The number of aryl methyl sites for hydroxylation is 1. The molecule has 2 aromatic rings. The highest BCUT2D eigenvalue weighted by atomic mass is 19.4. The van der Waals surface area contributed by atoms with Crippen LogP contribution in [0.3, 0.4) is 0 Å². The second kappa shape index (κ2) is 10.2. The van der Waals surface area contributed by atoms with E-state index in [-0.39, 0.29) is 12.6 Å². The third kappa shape index (κ3) is 6.64. The van der Waals surface area contributed by atoms with Crippen molar-refractivity contribution in [3.05, 3.63) is 59.3 Å². The molecule has 0 unspecified atom stereocenters. The lowest BCUT2D eigenvalue weighted by molar-refractivity contribution is -0.137. The molecule has 164 valence electrons. The molecule has 2 heterocycles. The van der Waals surface area contributed by atoms with E-state index in [1.807, 2.05) is 25.1 Å². The lowest BCUT2D eigenvalue weighted by Gasteiger charge is -2.33. The molecule has 0 saturated carbocycles. The summed E-state index contributed by atoms with van der Waals surface area (Å²) < 4.78 is 38.3. The van der Waals surface area contributed by atoms with Crippen molar-refractivity contribution in [2.75, 3.05) is 31.6 Å². The first-order chi connectivity index (χ1) is 14.8. The van der Waals surface area contributed by atoms with E-state index < -0.39 is 11.7 Å². The van der Waals surface area contributed by atoms with Gasteiger partial charge in [0.25, 0.3) is 0 Å². The van der Waals surface area contributed by atoms with Crippen LogP contribution in [-0.2, 0) is 6.18 Å². The molecule has 0 bridgehead atoms. The van der Waals surface area contributed by atoms with Gasteiger partial charge in [-0.1, -0.05) is 24.0 Å². The summed E-state index contributed by atoms with van der Waals surface area (Å²) in [4.78, 5) is 11.1. The predicted molar refractivity (Wildman–Crippen MR) is 117 cm³/mol. The third-order valence-electron chi connectivity index (χ3n) is 5.02. The minimum absolute atomic E-state index is 0.280. The number of alkyl halides is 3. The van der Waals surface area contributed by atoms with Crippen LogP contribution < -0.4 is 15.5 Å². The Hall–Kier alpha value is -3.21. The quantitative estimate of drug-likeness (QED) is 0.445. The van der Waals surface area contributed by atoms with E-state index in [0.717, 1.165) is 49.6 Å². The van der Waals surface area contributed by atoms with Gasteiger partial charge in [0.2, 0.25) is 0 Å². The van der Waals surface area contributed by atoms with Crippen LogP contribution in [-0.4, -0.2) is 43.7 Å². The van der Waals surface area contributed by atoms with E-state index in [4.69, 9.17) is 0 Å². The molecular weight excluding hydrogens is 403 g/mol. The van der Waals surface area contributed by atoms with Crippen LogP contribution >= 0.6 is 0 Å². The predicted octanol–water partition coefficient (Wildman–Crippen LogP) is 3.59. The zero-order chi connectivity index (χ0) is 22.3. The van der Waals surface area contributed by atoms with Crippen molar-refractivity contribution >= 4 is 11.8 Å². The van der Waals surface area contributed by atoms with Crippen molar-refractivity contribution in [2.45, 2.75) is 32.0 Å². The smallest absolute Gasteiger partial charge is 0.356 e. The second-order valence-electron chi connectivity index (χ2n) is 7.35. The number of hydrogen-bond acceptors (Lipinski definition) is 3. The molecule has 0 spiro atoms. The molecule has 5 nitrogen and oxygen atoms in total. The van der Waals surface area contributed by atoms with E-state index >= 15 is 0 Å². The van der Waals surface area contributed by atoms with Gasteiger partial charge < -0.3 is 15.5 Å². The summed E-state index contributed by atoms with van der Waals surface area (Å²) in [5, 5.41) is 6.49. The summed E-state index contributed by atoms with van der Waals surface area (Å²) in [6, 6.07) is 11.3. The molecule has 3 rings (SSSR count). The summed E-state index contributed by atoms with van der Waals surface area (Å²) in [5.74, 6) is 7.25. The highest BCUT2D eigenvalue weighted by Gasteiger charge is 2.30. The third-order valence-corrected chi connectivity index (χ3v) is 5.02. The number of halogens is 3. The zero-order valence-electron chi connectivity index (χ0n) is 17.6. The fourth-order valence-electron chi connectivity index (χ4n) is 3.39. The van der Waals surface area contributed by atoms with Gasteiger partial charge in [0.15, 0.2) is 5.96 Å². The average molecular weight is 429 g/mol. The minimum Gasteiger partial charge on any atom is -0.356 e. The zero-order valence-corrected chi connectivity index (χ0v) is 17.6. The fraction of sp³-hybridized carbons (Fsp3) is 0.391. The average Bonchev–Trinajstić information content (AvgIpc) is 2.76. The highest BCUT2D eigenvalue weighted by Crippen LogP contribution is 2.29. The molecule has 1 aliphatic rings. The van der Waals surface area contributed by atoms with E-state index in [1.165, 1.54) is 6.07 Å². The number of anilines is 1. The van der Waals surface area contributed by atoms with Crippen LogP contribution in [0.15, 0.2) is 47.5 Å². The maximum Gasteiger partial charge on any atom is 0.416 e. The minimum atomic E-state index is -4.37. The maximum atomic E-state index is 12.8. The number of hydrogen-bond donors (Lipinski definition) is 2. The van der Waals surface area contributed by atoms with Gasteiger partial charge >= 0.3 is 6.18 Å². The molecule has 0 aliphatic carbocycles. The molecule has 0 amide bonds. The summed E-state index contributed by atoms with van der Waals surface area (Å²) >= 11 is 0. The van der Waals surface area contributed by atoms with Crippen molar-refractivity contribution in [1.29, 1.82) is 0 Å². The van der Waals surface area contributed by atoms with Crippen molar-refractivity contribution in [3.8, 4) is 11.8 Å². The summed E-state index contributed by atoms with van der Waals surface area (Å²) in [5.41, 5.74) is 0.641. The molecule has 1 aromatic heterocycles. The number of piperidine rings is 1. The maximum absolute atomic E-state index is 12.8. The van der Waals surface area contributed by atoms with Crippen LogP contribution in [0.4, 0.5) is 19.0 Å².